The molecule has 2 aromatic carbocycles. The highest BCUT2D eigenvalue weighted by Crippen LogP contribution is 2.22. The zero-order valence-electron chi connectivity index (χ0n) is 14.7. The summed E-state index contributed by atoms with van der Waals surface area (Å²) < 4.78 is 13.3. The second-order valence-corrected chi connectivity index (χ2v) is 7.09. The Morgan fingerprint density at radius 2 is 1.76 bits per heavy atom. The minimum Gasteiger partial charge on any atom is -0.368 e. The summed E-state index contributed by atoms with van der Waals surface area (Å²) in [6.45, 7) is 6.26. The van der Waals surface area contributed by atoms with Gasteiger partial charge in [-0.3, -0.25) is 9.59 Å². The molecule has 0 spiro atoms. The van der Waals surface area contributed by atoms with E-state index in [0.717, 1.165) is 5.56 Å². The molecule has 2 amide bonds. The summed E-state index contributed by atoms with van der Waals surface area (Å²) >= 11 is 0. The number of carbonyl (C=O) groups is 2. The number of nitrogens with one attached hydrogen (secondary N) is 1. The van der Waals surface area contributed by atoms with Crippen molar-refractivity contribution in [3.63, 3.8) is 0 Å². The van der Waals surface area contributed by atoms with Crippen LogP contribution in [0.5, 0.6) is 0 Å². The lowest BCUT2D eigenvalue weighted by atomic mass is 9.86. The first-order valence-corrected chi connectivity index (χ1v) is 8.12. The number of hydrogen-bond acceptors (Lipinski definition) is 2. The van der Waals surface area contributed by atoms with E-state index in [2.05, 4.69) is 26.1 Å². The average molecular weight is 342 g/mol. The molecule has 0 aliphatic rings. The normalized spacial score (nSPS) is 12.5. The Hall–Kier alpha value is -2.69. The van der Waals surface area contributed by atoms with Crippen molar-refractivity contribution in [2.24, 2.45) is 5.73 Å². The number of primary amides is 1. The first-order chi connectivity index (χ1) is 11.7. The van der Waals surface area contributed by atoms with Crippen LogP contribution < -0.4 is 11.1 Å². The zero-order chi connectivity index (χ0) is 18.6. The molecule has 1 atom stereocenters. The number of nitrogens with two attached hydrogens (primary N) is 1. The van der Waals surface area contributed by atoms with Crippen LogP contribution in [0.3, 0.4) is 0 Å². The molecule has 4 nitrogen and oxygen atoms in total. The predicted octanol–water partition coefficient (Wildman–Crippen LogP) is 2.95. The maximum atomic E-state index is 13.3. The first kappa shape index (κ1) is 18.6. The SMILES string of the molecule is CC(C)(C)c1ccc(C(=O)N[C@@H](Cc2cccc(F)c2)C(N)=O)cc1. The summed E-state index contributed by atoms with van der Waals surface area (Å²) in [6.07, 6.45) is 0.138. The van der Waals surface area contributed by atoms with E-state index in [4.69, 9.17) is 5.73 Å². The van der Waals surface area contributed by atoms with Crippen LogP contribution in [-0.2, 0) is 16.6 Å². The van der Waals surface area contributed by atoms with Crippen molar-refractivity contribution in [2.75, 3.05) is 0 Å². The van der Waals surface area contributed by atoms with Gasteiger partial charge in [-0.1, -0.05) is 45.0 Å². The van der Waals surface area contributed by atoms with E-state index in [0.29, 0.717) is 11.1 Å². The van der Waals surface area contributed by atoms with E-state index in [9.17, 15) is 14.0 Å². The van der Waals surface area contributed by atoms with Gasteiger partial charge in [0.1, 0.15) is 11.9 Å². The minimum absolute atomic E-state index is 0.0118. The summed E-state index contributed by atoms with van der Waals surface area (Å²) in [5.74, 6) is -1.45. The number of halogens is 1. The highest BCUT2D eigenvalue weighted by molar-refractivity contribution is 5.97. The van der Waals surface area contributed by atoms with Crippen LogP contribution >= 0.6 is 0 Å². The van der Waals surface area contributed by atoms with Gasteiger partial charge in [-0.25, -0.2) is 4.39 Å². The standard InChI is InChI=1S/C20H23FN2O2/c1-20(2,3)15-9-7-14(8-10-15)19(25)23-17(18(22)24)12-13-5-4-6-16(21)11-13/h4-11,17H,12H2,1-3H3,(H2,22,24)(H,23,25)/t17-/m0/s1. The Kier molecular flexibility index (Phi) is 5.57. The van der Waals surface area contributed by atoms with Gasteiger partial charge in [0.2, 0.25) is 5.91 Å². The van der Waals surface area contributed by atoms with E-state index in [1.807, 2.05) is 12.1 Å². The Labute approximate surface area is 147 Å². The lowest BCUT2D eigenvalue weighted by Crippen LogP contribution is -2.45. The number of carbonyl (C=O) groups excluding carboxylic acids is 2. The van der Waals surface area contributed by atoms with Crippen LogP contribution in [0.15, 0.2) is 48.5 Å². The highest BCUT2D eigenvalue weighted by atomic mass is 19.1. The third-order valence-corrected chi connectivity index (χ3v) is 3.99. The molecule has 0 aromatic heterocycles. The molecule has 0 bridgehead atoms. The highest BCUT2D eigenvalue weighted by Gasteiger charge is 2.20. The van der Waals surface area contributed by atoms with Crippen LogP contribution in [0.2, 0.25) is 0 Å². The number of benzene rings is 2. The molecule has 0 fully saturated rings. The predicted molar refractivity (Wildman–Crippen MR) is 95.7 cm³/mol. The fourth-order valence-electron chi connectivity index (χ4n) is 2.49. The molecular formula is C20H23FN2O2. The van der Waals surface area contributed by atoms with E-state index >= 15 is 0 Å². The second-order valence-electron chi connectivity index (χ2n) is 7.09. The number of amides is 2. The van der Waals surface area contributed by atoms with Crippen molar-refractivity contribution in [1.29, 1.82) is 0 Å². The topological polar surface area (TPSA) is 72.2 Å². The molecule has 2 rings (SSSR count). The summed E-state index contributed by atoms with van der Waals surface area (Å²) in [6, 6.07) is 12.2. The Balaban J connectivity index is 2.11. The molecule has 132 valence electrons. The quantitative estimate of drug-likeness (QED) is 0.877. The molecule has 0 saturated carbocycles. The summed E-state index contributed by atoms with van der Waals surface area (Å²) in [5.41, 5.74) is 7.51. The fourth-order valence-corrected chi connectivity index (χ4v) is 2.49. The molecule has 0 radical (unpaired) electrons. The molecule has 25 heavy (non-hydrogen) atoms. The van der Waals surface area contributed by atoms with Crippen molar-refractivity contribution >= 4 is 11.8 Å². The zero-order valence-corrected chi connectivity index (χ0v) is 14.7. The maximum absolute atomic E-state index is 13.3. The van der Waals surface area contributed by atoms with Crippen molar-refractivity contribution in [3.8, 4) is 0 Å². The maximum Gasteiger partial charge on any atom is 0.251 e. The largest absolute Gasteiger partial charge is 0.368 e. The average Bonchev–Trinajstić information content (AvgIpc) is 2.53. The summed E-state index contributed by atoms with van der Waals surface area (Å²) in [5, 5.41) is 2.62. The van der Waals surface area contributed by atoms with Gasteiger partial charge in [0.15, 0.2) is 0 Å². The van der Waals surface area contributed by atoms with Crippen LogP contribution in [0.25, 0.3) is 0 Å². The number of hydrogen-bond donors (Lipinski definition) is 2. The summed E-state index contributed by atoms with van der Waals surface area (Å²) in [4.78, 5) is 24.0. The van der Waals surface area contributed by atoms with E-state index in [1.54, 1.807) is 24.3 Å². The Morgan fingerprint density at radius 1 is 1.12 bits per heavy atom. The molecular weight excluding hydrogens is 319 g/mol. The molecule has 0 saturated heterocycles. The lowest BCUT2D eigenvalue weighted by molar-refractivity contribution is -0.119. The van der Waals surface area contributed by atoms with E-state index in [-0.39, 0.29) is 17.7 Å². The second kappa shape index (κ2) is 7.47. The fraction of sp³-hybridized carbons (Fsp3) is 0.300. The summed E-state index contributed by atoms with van der Waals surface area (Å²) in [7, 11) is 0. The van der Waals surface area contributed by atoms with Crippen molar-refractivity contribution in [1.82, 2.24) is 5.32 Å². The van der Waals surface area contributed by atoms with Gasteiger partial charge >= 0.3 is 0 Å². The van der Waals surface area contributed by atoms with Gasteiger partial charge in [0, 0.05) is 12.0 Å². The molecule has 0 heterocycles. The lowest BCUT2D eigenvalue weighted by Gasteiger charge is -2.19. The van der Waals surface area contributed by atoms with Gasteiger partial charge in [-0.15, -0.1) is 0 Å². The van der Waals surface area contributed by atoms with Crippen LogP contribution in [0.4, 0.5) is 4.39 Å². The molecule has 0 aliphatic carbocycles. The van der Waals surface area contributed by atoms with Gasteiger partial charge in [-0.2, -0.15) is 0 Å². The van der Waals surface area contributed by atoms with Gasteiger partial charge in [0.05, 0.1) is 0 Å². The third-order valence-electron chi connectivity index (χ3n) is 3.99. The molecule has 5 heteroatoms. The van der Waals surface area contributed by atoms with Crippen LogP contribution in [-0.4, -0.2) is 17.9 Å². The van der Waals surface area contributed by atoms with Gasteiger partial charge < -0.3 is 11.1 Å². The van der Waals surface area contributed by atoms with Crippen LogP contribution in [0.1, 0.15) is 42.3 Å². The van der Waals surface area contributed by atoms with Gasteiger partial charge in [0.25, 0.3) is 5.91 Å². The van der Waals surface area contributed by atoms with E-state index < -0.39 is 17.8 Å². The smallest absolute Gasteiger partial charge is 0.251 e. The minimum atomic E-state index is -0.906. The Morgan fingerprint density at radius 3 is 2.28 bits per heavy atom. The monoisotopic (exact) mass is 342 g/mol. The molecule has 2 aromatic rings. The first-order valence-electron chi connectivity index (χ1n) is 8.12. The van der Waals surface area contributed by atoms with Crippen molar-refractivity contribution in [3.05, 3.63) is 71.0 Å². The van der Waals surface area contributed by atoms with E-state index in [1.165, 1.54) is 12.1 Å². The number of rotatable bonds is 5. The van der Waals surface area contributed by atoms with Crippen LogP contribution in [0, 0.1) is 5.82 Å². The molecule has 0 aliphatic heterocycles. The van der Waals surface area contributed by atoms with Crippen molar-refractivity contribution in [2.45, 2.75) is 38.6 Å². The van der Waals surface area contributed by atoms with Crippen molar-refractivity contribution < 1.29 is 14.0 Å². The third kappa shape index (κ3) is 5.14. The molecule has 3 N–H and O–H groups in total. The Bertz CT molecular complexity index is 764. The molecule has 0 unspecified atom stereocenters. The van der Waals surface area contributed by atoms with Gasteiger partial charge in [-0.05, 0) is 40.8 Å².